The van der Waals surface area contributed by atoms with E-state index >= 15 is 0 Å². The molecular weight excluding hydrogens is 555 g/mol. The fourth-order valence-corrected chi connectivity index (χ4v) is 6.28. The lowest BCUT2D eigenvalue weighted by atomic mass is 9.90. The molecule has 43 heavy (non-hydrogen) atoms. The van der Waals surface area contributed by atoms with Gasteiger partial charge >= 0.3 is 6.18 Å². The number of piperidine rings is 2. The molecule has 2 saturated heterocycles. The fraction of sp³-hybridized carbons (Fsp3) is 0.412. The standard InChI is InChI=1S/C34H36F3N3O3/c1-23-30-9-8-29(42-28-12-17-40(18-13-28)27-6-4-26(5-7-27)34(35,36)37)20-32(30)43-33(23)31(41)19-24-10-15-39(16-11-24)22-25-3-2-14-38-21-25/h2-9,14,20-21,24,28H,10-13,15-19,22H2,1H3. The van der Waals surface area contributed by atoms with Gasteiger partial charge in [-0.05, 0) is 86.8 Å². The van der Waals surface area contributed by atoms with Crippen LogP contribution in [-0.4, -0.2) is 48.0 Å². The number of nitrogens with zero attached hydrogens (tertiary/aromatic N) is 3. The molecule has 2 aliphatic rings. The van der Waals surface area contributed by atoms with Crippen molar-refractivity contribution in [2.24, 2.45) is 5.92 Å². The van der Waals surface area contributed by atoms with Gasteiger partial charge < -0.3 is 14.1 Å². The highest BCUT2D eigenvalue weighted by molar-refractivity contribution is 6.00. The average molecular weight is 592 g/mol. The maximum Gasteiger partial charge on any atom is 0.416 e. The minimum Gasteiger partial charge on any atom is -0.490 e. The van der Waals surface area contributed by atoms with E-state index < -0.39 is 11.7 Å². The Bertz CT molecular complexity index is 1540. The number of Topliss-reactive ketones (excluding diaryl/α,β-unsaturated/α-hetero) is 1. The lowest BCUT2D eigenvalue weighted by Crippen LogP contribution is -2.38. The molecule has 9 heteroatoms. The third kappa shape index (κ3) is 6.88. The number of anilines is 1. The van der Waals surface area contributed by atoms with Crippen molar-refractivity contribution in [3.8, 4) is 5.75 Å². The lowest BCUT2D eigenvalue weighted by molar-refractivity contribution is -0.137. The van der Waals surface area contributed by atoms with E-state index in [0.29, 0.717) is 42.5 Å². The summed E-state index contributed by atoms with van der Waals surface area (Å²) >= 11 is 0. The molecule has 2 aliphatic heterocycles. The van der Waals surface area contributed by atoms with Crippen LogP contribution in [0.2, 0.25) is 0 Å². The fourth-order valence-electron chi connectivity index (χ4n) is 6.28. The van der Waals surface area contributed by atoms with Crippen molar-refractivity contribution in [1.29, 1.82) is 0 Å². The van der Waals surface area contributed by atoms with Gasteiger partial charge in [0.1, 0.15) is 17.4 Å². The van der Waals surface area contributed by atoms with E-state index in [9.17, 15) is 18.0 Å². The number of carbonyl (C=O) groups excluding carboxylic acids is 1. The van der Waals surface area contributed by atoms with E-state index in [1.807, 2.05) is 37.4 Å². The van der Waals surface area contributed by atoms with E-state index in [0.717, 1.165) is 74.1 Å². The molecule has 0 saturated carbocycles. The minimum atomic E-state index is -4.33. The smallest absolute Gasteiger partial charge is 0.416 e. The van der Waals surface area contributed by atoms with E-state index in [1.54, 1.807) is 6.20 Å². The number of aryl methyl sites for hydroxylation is 1. The first-order chi connectivity index (χ1) is 20.7. The molecule has 0 bridgehead atoms. The predicted molar refractivity (Wildman–Crippen MR) is 159 cm³/mol. The van der Waals surface area contributed by atoms with Crippen LogP contribution in [-0.2, 0) is 12.7 Å². The molecule has 0 N–H and O–H groups in total. The van der Waals surface area contributed by atoms with Crippen molar-refractivity contribution in [3.05, 3.63) is 89.4 Å². The zero-order chi connectivity index (χ0) is 30.0. The zero-order valence-electron chi connectivity index (χ0n) is 24.3. The summed E-state index contributed by atoms with van der Waals surface area (Å²) in [5.74, 6) is 1.53. The van der Waals surface area contributed by atoms with Crippen molar-refractivity contribution >= 4 is 22.4 Å². The summed E-state index contributed by atoms with van der Waals surface area (Å²) in [6, 6.07) is 15.1. The van der Waals surface area contributed by atoms with Gasteiger partial charge in [0.25, 0.3) is 0 Å². The summed E-state index contributed by atoms with van der Waals surface area (Å²) in [5.41, 5.74) is 2.87. The van der Waals surface area contributed by atoms with Gasteiger partial charge in [0.15, 0.2) is 11.5 Å². The molecule has 0 spiro atoms. The van der Waals surface area contributed by atoms with Gasteiger partial charge in [-0.15, -0.1) is 0 Å². The normalized spacial score (nSPS) is 17.4. The Morgan fingerprint density at radius 1 is 1.00 bits per heavy atom. The van der Waals surface area contributed by atoms with Crippen molar-refractivity contribution in [2.45, 2.75) is 57.9 Å². The number of rotatable bonds is 8. The summed E-state index contributed by atoms with van der Waals surface area (Å²) < 4.78 is 51.0. The number of hydrogen-bond donors (Lipinski definition) is 0. The topological polar surface area (TPSA) is 58.8 Å². The number of likely N-dealkylation sites (tertiary alicyclic amines) is 1. The first-order valence-electron chi connectivity index (χ1n) is 15.0. The molecule has 0 radical (unpaired) electrons. The van der Waals surface area contributed by atoms with Crippen molar-refractivity contribution in [2.75, 3.05) is 31.1 Å². The molecule has 2 aromatic heterocycles. The van der Waals surface area contributed by atoms with Crippen LogP contribution in [0.3, 0.4) is 0 Å². The SMILES string of the molecule is Cc1c(C(=O)CC2CCN(Cc3cccnc3)CC2)oc2cc(OC3CCN(c4ccc(C(F)(F)F)cc4)CC3)ccc12. The number of fused-ring (bicyclic) bond motifs is 1. The second kappa shape index (κ2) is 12.4. The Hall–Kier alpha value is -3.85. The van der Waals surface area contributed by atoms with Gasteiger partial charge in [0.05, 0.1) is 5.56 Å². The number of halogens is 3. The lowest BCUT2D eigenvalue weighted by Gasteiger charge is -2.33. The minimum absolute atomic E-state index is 0.00988. The first kappa shape index (κ1) is 29.2. The van der Waals surface area contributed by atoms with Crippen LogP contribution in [0.4, 0.5) is 18.9 Å². The number of benzene rings is 2. The molecular formula is C34H36F3N3O3. The van der Waals surface area contributed by atoms with Gasteiger partial charge in [-0.1, -0.05) is 6.07 Å². The van der Waals surface area contributed by atoms with Crippen molar-refractivity contribution in [1.82, 2.24) is 9.88 Å². The number of alkyl halides is 3. The highest BCUT2D eigenvalue weighted by Crippen LogP contribution is 2.34. The summed E-state index contributed by atoms with van der Waals surface area (Å²) in [6.45, 7) is 6.15. The van der Waals surface area contributed by atoms with Gasteiger partial charge in [0.2, 0.25) is 0 Å². The van der Waals surface area contributed by atoms with E-state index in [2.05, 4.69) is 20.9 Å². The largest absolute Gasteiger partial charge is 0.490 e. The summed E-state index contributed by atoms with van der Waals surface area (Å²) in [4.78, 5) is 22.0. The highest BCUT2D eigenvalue weighted by Gasteiger charge is 2.31. The second-order valence-electron chi connectivity index (χ2n) is 11.8. The number of pyridine rings is 1. The number of carbonyl (C=O) groups is 1. The van der Waals surface area contributed by atoms with Gasteiger partial charge in [-0.2, -0.15) is 13.2 Å². The van der Waals surface area contributed by atoms with Crippen LogP contribution in [0.25, 0.3) is 11.0 Å². The molecule has 0 amide bonds. The van der Waals surface area contributed by atoms with Crippen molar-refractivity contribution < 1.29 is 27.1 Å². The number of furan rings is 1. The molecule has 6 rings (SSSR count). The summed E-state index contributed by atoms with van der Waals surface area (Å²) in [5, 5.41) is 0.916. The number of hydrogen-bond acceptors (Lipinski definition) is 6. The van der Waals surface area contributed by atoms with Crippen LogP contribution >= 0.6 is 0 Å². The van der Waals surface area contributed by atoms with E-state index in [4.69, 9.17) is 9.15 Å². The van der Waals surface area contributed by atoms with Crippen LogP contribution in [0, 0.1) is 12.8 Å². The third-order valence-electron chi connectivity index (χ3n) is 8.78. The Labute approximate surface area is 249 Å². The van der Waals surface area contributed by atoms with Crippen molar-refractivity contribution in [3.63, 3.8) is 0 Å². The van der Waals surface area contributed by atoms with Crippen LogP contribution in [0.15, 0.2) is 71.4 Å². The Kier molecular flexibility index (Phi) is 8.43. The molecule has 4 heterocycles. The molecule has 226 valence electrons. The summed E-state index contributed by atoms with van der Waals surface area (Å²) in [7, 11) is 0. The van der Waals surface area contributed by atoms with E-state index in [1.165, 1.54) is 17.7 Å². The quantitative estimate of drug-likeness (QED) is 0.196. The average Bonchev–Trinajstić information content (AvgIpc) is 3.34. The maximum absolute atomic E-state index is 13.3. The Morgan fingerprint density at radius 3 is 2.42 bits per heavy atom. The zero-order valence-corrected chi connectivity index (χ0v) is 24.3. The highest BCUT2D eigenvalue weighted by atomic mass is 19.4. The maximum atomic E-state index is 13.3. The van der Waals surface area contributed by atoms with Gasteiger partial charge in [-0.25, -0.2) is 0 Å². The Balaban J connectivity index is 1.02. The second-order valence-corrected chi connectivity index (χ2v) is 11.8. The number of ether oxygens (including phenoxy) is 1. The molecule has 6 nitrogen and oxygen atoms in total. The van der Waals surface area contributed by atoms with Crippen LogP contribution in [0.5, 0.6) is 5.75 Å². The van der Waals surface area contributed by atoms with Crippen LogP contribution < -0.4 is 9.64 Å². The molecule has 0 atom stereocenters. The predicted octanol–water partition coefficient (Wildman–Crippen LogP) is 7.69. The third-order valence-corrected chi connectivity index (χ3v) is 8.78. The van der Waals surface area contributed by atoms with Gasteiger partial charge in [-0.3, -0.25) is 14.7 Å². The first-order valence-corrected chi connectivity index (χ1v) is 15.0. The molecule has 0 unspecified atom stereocenters. The monoisotopic (exact) mass is 591 g/mol. The number of aromatic nitrogens is 1. The van der Waals surface area contributed by atoms with E-state index in [-0.39, 0.29) is 11.9 Å². The van der Waals surface area contributed by atoms with Gasteiger partial charge in [0, 0.05) is 74.0 Å². The summed E-state index contributed by atoms with van der Waals surface area (Å²) in [6.07, 6.45) is 3.32. The molecule has 2 fully saturated rings. The van der Waals surface area contributed by atoms with Crippen LogP contribution in [0.1, 0.15) is 59.3 Å². The molecule has 2 aromatic carbocycles. The molecule has 0 aliphatic carbocycles. The molecule has 4 aromatic rings. The number of ketones is 1. The Morgan fingerprint density at radius 2 is 1.74 bits per heavy atom.